The minimum absolute atomic E-state index is 0.235. The molecule has 66 valence electrons. The fourth-order valence-corrected chi connectivity index (χ4v) is 1.01. The van der Waals surface area contributed by atoms with Gasteiger partial charge in [-0.3, -0.25) is 0 Å². The molecular weight excluding hydrogens is 155 g/mol. The fraction of sp³-hybridized carbons (Fsp3) is 0.400. The lowest BCUT2D eigenvalue weighted by Crippen LogP contribution is -1.95. The Labute approximate surface area is 72.2 Å². The van der Waals surface area contributed by atoms with Crippen molar-refractivity contribution in [2.75, 3.05) is 6.61 Å². The van der Waals surface area contributed by atoms with Crippen molar-refractivity contribution in [1.82, 2.24) is 0 Å². The predicted molar refractivity (Wildman–Crippen MR) is 46.9 cm³/mol. The smallest absolute Gasteiger partial charge is 0.127 e. The quantitative estimate of drug-likeness (QED) is 0.674. The molecule has 0 heterocycles. The van der Waals surface area contributed by atoms with E-state index in [-0.39, 0.29) is 5.82 Å². The van der Waals surface area contributed by atoms with Gasteiger partial charge in [0, 0.05) is 6.07 Å². The maximum atomic E-state index is 12.8. The standard InChI is InChI=1S/C10H13FO/c1-3-4-12-10-6-8(2)5-9(11)7-10/h5-7H,3-4H2,1-2H3. The summed E-state index contributed by atoms with van der Waals surface area (Å²) in [6.45, 7) is 4.51. The molecule has 0 fully saturated rings. The summed E-state index contributed by atoms with van der Waals surface area (Å²) < 4.78 is 18.1. The van der Waals surface area contributed by atoms with Gasteiger partial charge in [-0.25, -0.2) is 4.39 Å². The first-order valence-electron chi connectivity index (χ1n) is 4.12. The summed E-state index contributed by atoms with van der Waals surface area (Å²) in [6.07, 6.45) is 0.940. The van der Waals surface area contributed by atoms with Gasteiger partial charge in [0.1, 0.15) is 11.6 Å². The summed E-state index contributed by atoms with van der Waals surface area (Å²) >= 11 is 0. The lowest BCUT2D eigenvalue weighted by atomic mass is 10.2. The molecule has 12 heavy (non-hydrogen) atoms. The number of rotatable bonds is 3. The van der Waals surface area contributed by atoms with Crippen molar-refractivity contribution < 1.29 is 9.13 Å². The van der Waals surface area contributed by atoms with Crippen molar-refractivity contribution in [2.24, 2.45) is 0 Å². The molecule has 0 radical (unpaired) electrons. The highest BCUT2D eigenvalue weighted by molar-refractivity contribution is 5.28. The van der Waals surface area contributed by atoms with Crippen LogP contribution < -0.4 is 4.74 Å². The molecule has 0 aliphatic carbocycles. The van der Waals surface area contributed by atoms with Gasteiger partial charge in [-0.15, -0.1) is 0 Å². The Morgan fingerprint density at radius 1 is 1.33 bits per heavy atom. The second-order valence-corrected chi connectivity index (χ2v) is 2.81. The Morgan fingerprint density at radius 3 is 2.67 bits per heavy atom. The number of hydrogen-bond acceptors (Lipinski definition) is 1. The molecular formula is C10H13FO. The minimum atomic E-state index is -0.235. The zero-order valence-corrected chi connectivity index (χ0v) is 7.43. The number of halogens is 1. The van der Waals surface area contributed by atoms with E-state index in [0.29, 0.717) is 12.4 Å². The maximum Gasteiger partial charge on any atom is 0.127 e. The van der Waals surface area contributed by atoms with Gasteiger partial charge in [-0.05, 0) is 31.0 Å². The Morgan fingerprint density at radius 2 is 2.08 bits per heavy atom. The second-order valence-electron chi connectivity index (χ2n) is 2.81. The van der Waals surface area contributed by atoms with Crippen LogP contribution in [0.1, 0.15) is 18.9 Å². The summed E-state index contributed by atoms with van der Waals surface area (Å²) in [5, 5.41) is 0. The van der Waals surface area contributed by atoms with Crippen LogP contribution in [0.25, 0.3) is 0 Å². The van der Waals surface area contributed by atoms with Gasteiger partial charge in [0.25, 0.3) is 0 Å². The van der Waals surface area contributed by atoms with Crippen molar-refractivity contribution >= 4 is 0 Å². The molecule has 0 aliphatic heterocycles. The van der Waals surface area contributed by atoms with Crippen molar-refractivity contribution in [1.29, 1.82) is 0 Å². The zero-order chi connectivity index (χ0) is 8.97. The average molecular weight is 168 g/mol. The summed E-state index contributed by atoms with van der Waals surface area (Å²) in [5.74, 6) is 0.385. The second kappa shape index (κ2) is 4.10. The molecule has 0 aromatic heterocycles. The highest BCUT2D eigenvalue weighted by Gasteiger charge is 1.97. The van der Waals surface area contributed by atoms with Crippen LogP contribution in [0.15, 0.2) is 18.2 Å². The van der Waals surface area contributed by atoms with E-state index in [2.05, 4.69) is 0 Å². The fourth-order valence-electron chi connectivity index (χ4n) is 1.01. The number of aryl methyl sites for hydroxylation is 1. The van der Waals surface area contributed by atoms with E-state index < -0.39 is 0 Å². The van der Waals surface area contributed by atoms with Crippen molar-refractivity contribution in [3.63, 3.8) is 0 Å². The highest BCUT2D eigenvalue weighted by Crippen LogP contribution is 2.15. The molecule has 0 saturated carbocycles. The topological polar surface area (TPSA) is 9.23 Å². The molecule has 2 heteroatoms. The van der Waals surface area contributed by atoms with Crippen LogP contribution >= 0.6 is 0 Å². The largest absolute Gasteiger partial charge is 0.493 e. The maximum absolute atomic E-state index is 12.8. The van der Waals surface area contributed by atoms with Gasteiger partial charge < -0.3 is 4.74 Å². The minimum Gasteiger partial charge on any atom is -0.493 e. The van der Waals surface area contributed by atoms with Crippen molar-refractivity contribution in [3.05, 3.63) is 29.6 Å². The van der Waals surface area contributed by atoms with E-state index in [0.717, 1.165) is 12.0 Å². The third-order valence-electron chi connectivity index (χ3n) is 1.49. The lowest BCUT2D eigenvalue weighted by Gasteiger charge is -2.04. The molecule has 1 aromatic rings. The van der Waals surface area contributed by atoms with E-state index in [1.807, 2.05) is 19.9 Å². The Bertz CT molecular complexity index is 238. The third-order valence-corrected chi connectivity index (χ3v) is 1.49. The summed E-state index contributed by atoms with van der Waals surface area (Å²) in [7, 11) is 0. The molecule has 0 N–H and O–H groups in total. The highest BCUT2D eigenvalue weighted by atomic mass is 19.1. The van der Waals surface area contributed by atoms with Crippen LogP contribution in [0.4, 0.5) is 4.39 Å². The molecule has 0 amide bonds. The Hall–Kier alpha value is -1.05. The summed E-state index contributed by atoms with van der Waals surface area (Å²) in [5.41, 5.74) is 0.890. The summed E-state index contributed by atoms with van der Waals surface area (Å²) in [6, 6.07) is 4.72. The van der Waals surface area contributed by atoms with Gasteiger partial charge in [0.15, 0.2) is 0 Å². The van der Waals surface area contributed by atoms with Crippen molar-refractivity contribution in [3.8, 4) is 5.75 Å². The van der Waals surface area contributed by atoms with Gasteiger partial charge in [0.2, 0.25) is 0 Å². The van der Waals surface area contributed by atoms with Crippen LogP contribution in [0.5, 0.6) is 5.75 Å². The molecule has 1 rings (SSSR count). The van der Waals surface area contributed by atoms with Gasteiger partial charge in [-0.1, -0.05) is 6.92 Å². The van der Waals surface area contributed by atoms with E-state index in [1.165, 1.54) is 12.1 Å². The molecule has 0 saturated heterocycles. The molecule has 0 unspecified atom stereocenters. The SMILES string of the molecule is CCCOc1cc(C)cc(F)c1. The van der Waals surface area contributed by atoms with Crippen LogP contribution in [-0.2, 0) is 0 Å². The van der Waals surface area contributed by atoms with Crippen molar-refractivity contribution in [2.45, 2.75) is 20.3 Å². The van der Waals surface area contributed by atoms with Crippen LogP contribution in [-0.4, -0.2) is 6.61 Å². The summed E-state index contributed by atoms with van der Waals surface area (Å²) in [4.78, 5) is 0. The third kappa shape index (κ3) is 2.53. The average Bonchev–Trinajstić information content (AvgIpc) is 1.99. The molecule has 1 nitrogen and oxygen atoms in total. The van der Waals surface area contributed by atoms with E-state index in [4.69, 9.17) is 4.74 Å². The molecule has 0 aliphatic rings. The molecule has 0 bridgehead atoms. The first-order valence-corrected chi connectivity index (χ1v) is 4.12. The molecule has 1 aromatic carbocycles. The molecule has 0 atom stereocenters. The van der Waals surface area contributed by atoms with E-state index >= 15 is 0 Å². The normalized spacial score (nSPS) is 9.92. The molecule has 0 spiro atoms. The predicted octanol–water partition coefficient (Wildman–Crippen LogP) is 2.92. The van der Waals surface area contributed by atoms with Crippen LogP contribution in [0.3, 0.4) is 0 Å². The first-order chi connectivity index (χ1) is 5.72. The van der Waals surface area contributed by atoms with E-state index in [1.54, 1.807) is 0 Å². The number of benzene rings is 1. The van der Waals surface area contributed by atoms with Gasteiger partial charge in [-0.2, -0.15) is 0 Å². The van der Waals surface area contributed by atoms with Gasteiger partial charge in [0.05, 0.1) is 6.61 Å². The number of hydrogen-bond donors (Lipinski definition) is 0. The Balaban J connectivity index is 2.72. The van der Waals surface area contributed by atoms with Crippen LogP contribution in [0, 0.1) is 12.7 Å². The lowest BCUT2D eigenvalue weighted by molar-refractivity contribution is 0.315. The van der Waals surface area contributed by atoms with Crippen LogP contribution in [0.2, 0.25) is 0 Å². The monoisotopic (exact) mass is 168 g/mol. The number of ether oxygens (including phenoxy) is 1. The first kappa shape index (κ1) is 9.04. The Kier molecular flexibility index (Phi) is 3.09. The van der Waals surface area contributed by atoms with Gasteiger partial charge >= 0.3 is 0 Å². The van der Waals surface area contributed by atoms with E-state index in [9.17, 15) is 4.39 Å². The zero-order valence-electron chi connectivity index (χ0n) is 7.43.